The van der Waals surface area contributed by atoms with Crippen LogP contribution in [0, 0.1) is 13.8 Å². The van der Waals surface area contributed by atoms with Crippen LogP contribution in [0.25, 0.3) is 0 Å². The Morgan fingerprint density at radius 2 is 2.00 bits per heavy atom. The van der Waals surface area contributed by atoms with E-state index in [0.29, 0.717) is 27.5 Å². The molecular weight excluding hydrogens is 332 g/mol. The fourth-order valence-corrected chi connectivity index (χ4v) is 4.21. The summed E-state index contributed by atoms with van der Waals surface area (Å²) in [5.41, 5.74) is 0. The highest BCUT2D eigenvalue weighted by molar-refractivity contribution is 7.91. The van der Waals surface area contributed by atoms with E-state index in [9.17, 15) is 8.42 Å². The van der Waals surface area contributed by atoms with E-state index in [0.717, 1.165) is 4.88 Å². The number of aryl methyl sites for hydroxylation is 2. The zero-order valence-corrected chi connectivity index (χ0v) is 13.9. The van der Waals surface area contributed by atoms with Crippen molar-refractivity contribution in [2.24, 2.45) is 0 Å². The number of rotatable bonds is 6. The second-order valence-electron chi connectivity index (χ2n) is 4.31. The smallest absolute Gasteiger partial charge is 0.250 e. The van der Waals surface area contributed by atoms with Crippen LogP contribution in [0.15, 0.2) is 22.4 Å². The molecule has 21 heavy (non-hydrogen) atoms. The third-order valence-electron chi connectivity index (χ3n) is 2.51. The van der Waals surface area contributed by atoms with Crippen LogP contribution < -0.4 is 10.0 Å². The van der Waals surface area contributed by atoms with Crippen molar-refractivity contribution in [3.8, 4) is 0 Å². The number of hydrogen-bond donors (Lipinski definition) is 2. The van der Waals surface area contributed by atoms with Crippen LogP contribution in [0.3, 0.4) is 0 Å². The first kappa shape index (κ1) is 16.2. The molecule has 0 aromatic carbocycles. The standard InChI is InChI=1S/C12H15ClN4O2S2/c1-8-3-4-12(20-8)21(18,19)15-6-5-14-11-7-10(13)16-9(2)17-11/h3-4,7,15H,5-6H2,1-2H3,(H,14,16,17). The van der Waals surface area contributed by atoms with Gasteiger partial charge in [0.2, 0.25) is 10.0 Å². The normalized spacial score (nSPS) is 11.6. The molecule has 0 atom stereocenters. The minimum atomic E-state index is -3.44. The SMILES string of the molecule is Cc1nc(Cl)cc(NCCNS(=O)(=O)c2ccc(C)s2)n1. The molecule has 6 nitrogen and oxygen atoms in total. The van der Waals surface area contributed by atoms with Crippen LogP contribution in [0.2, 0.25) is 5.15 Å². The Morgan fingerprint density at radius 3 is 2.62 bits per heavy atom. The molecule has 0 amide bonds. The van der Waals surface area contributed by atoms with Gasteiger partial charge in [-0.05, 0) is 26.0 Å². The third-order valence-corrected chi connectivity index (χ3v) is 5.66. The molecule has 0 aliphatic carbocycles. The summed E-state index contributed by atoms with van der Waals surface area (Å²) in [5, 5.41) is 3.34. The van der Waals surface area contributed by atoms with E-state index >= 15 is 0 Å². The molecule has 0 saturated heterocycles. The van der Waals surface area contributed by atoms with E-state index in [1.165, 1.54) is 11.3 Å². The van der Waals surface area contributed by atoms with Crippen LogP contribution in [-0.4, -0.2) is 31.5 Å². The zero-order chi connectivity index (χ0) is 15.5. The third kappa shape index (κ3) is 4.63. The van der Waals surface area contributed by atoms with Crippen LogP contribution in [0.5, 0.6) is 0 Å². The van der Waals surface area contributed by atoms with Crippen LogP contribution in [0.4, 0.5) is 5.82 Å². The Balaban J connectivity index is 1.87. The summed E-state index contributed by atoms with van der Waals surface area (Å²) >= 11 is 7.06. The molecule has 2 N–H and O–H groups in total. The highest BCUT2D eigenvalue weighted by atomic mass is 35.5. The Bertz CT molecular complexity index is 710. The number of sulfonamides is 1. The second kappa shape index (κ2) is 6.69. The van der Waals surface area contributed by atoms with Crippen molar-refractivity contribution in [1.29, 1.82) is 0 Å². The fourth-order valence-electron chi connectivity index (χ4n) is 1.63. The predicted molar refractivity (Wildman–Crippen MR) is 84.5 cm³/mol. The summed E-state index contributed by atoms with van der Waals surface area (Å²) < 4.78 is 26.8. The molecule has 0 bridgehead atoms. The molecule has 0 fully saturated rings. The minimum absolute atomic E-state index is 0.250. The maximum atomic E-state index is 12.0. The van der Waals surface area contributed by atoms with Gasteiger partial charge in [-0.15, -0.1) is 11.3 Å². The maximum Gasteiger partial charge on any atom is 0.250 e. The summed E-state index contributed by atoms with van der Waals surface area (Å²) in [7, 11) is -3.44. The van der Waals surface area contributed by atoms with E-state index in [4.69, 9.17) is 11.6 Å². The van der Waals surface area contributed by atoms with Crippen LogP contribution in [0.1, 0.15) is 10.7 Å². The highest BCUT2D eigenvalue weighted by Gasteiger charge is 2.15. The monoisotopic (exact) mass is 346 g/mol. The molecule has 9 heteroatoms. The molecule has 2 aromatic heterocycles. The molecule has 0 unspecified atom stereocenters. The van der Waals surface area contributed by atoms with Gasteiger partial charge in [-0.3, -0.25) is 0 Å². The number of aromatic nitrogens is 2. The van der Waals surface area contributed by atoms with E-state index in [1.807, 2.05) is 6.92 Å². The van der Waals surface area contributed by atoms with E-state index < -0.39 is 10.0 Å². The van der Waals surface area contributed by atoms with Gasteiger partial charge >= 0.3 is 0 Å². The molecule has 0 aliphatic rings. The average molecular weight is 347 g/mol. The first-order valence-electron chi connectivity index (χ1n) is 6.18. The van der Waals surface area contributed by atoms with E-state index in [-0.39, 0.29) is 6.54 Å². The number of halogens is 1. The Hall–Kier alpha value is -1.22. The Kier molecular flexibility index (Phi) is 5.15. The molecule has 2 rings (SSSR count). The summed E-state index contributed by atoms with van der Waals surface area (Å²) in [4.78, 5) is 9.05. The molecule has 2 heterocycles. The van der Waals surface area contributed by atoms with Crippen molar-refractivity contribution in [2.45, 2.75) is 18.1 Å². The molecule has 0 aliphatic heterocycles. The van der Waals surface area contributed by atoms with E-state index in [1.54, 1.807) is 25.1 Å². The van der Waals surface area contributed by atoms with Gasteiger partial charge in [0.1, 0.15) is 21.0 Å². The quantitative estimate of drug-likeness (QED) is 0.618. The van der Waals surface area contributed by atoms with Gasteiger partial charge in [0.25, 0.3) is 0 Å². The van der Waals surface area contributed by atoms with Gasteiger partial charge in [-0.2, -0.15) is 0 Å². The second-order valence-corrected chi connectivity index (χ2v) is 7.98. The largest absolute Gasteiger partial charge is 0.369 e. The van der Waals surface area contributed by atoms with Crippen LogP contribution in [-0.2, 0) is 10.0 Å². The molecule has 2 aromatic rings. The topological polar surface area (TPSA) is 84.0 Å². The van der Waals surface area contributed by atoms with Crippen molar-refractivity contribution in [2.75, 3.05) is 18.4 Å². The number of anilines is 1. The lowest BCUT2D eigenvalue weighted by Crippen LogP contribution is -2.28. The Labute approximate surface area is 132 Å². The Morgan fingerprint density at radius 1 is 1.24 bits per heavy atom. The zero-order valence-electron chi connectivity index (χ0n) is 11.6. The van der Waals surface area contributed by atoms with Crippen molar-refractivity contribution >= 4 is 38.8 Å². The van der Waals surface area contributed by atoms with Gasteiger partial charge < -0.3 is 5.32 Å². The van der Waals surface area contributed by atoms with Gasteiger partial charge in [0.05, 0.1) is 0 Å². The van der Waals surface area contributed by atoms with Gasteiger partial charge in [0, 0.05) is 24.0 Å². The van der Waals surface area contributed by atoms with Crippen LogP contribution >= 0.6 is 22.9 Å². The highest BCUT2D eigenvalue weighted by Crippen LogP contribution is 2.20. The van der Waals surface area contributed by atoms with Crippen molar-refractivity contribution < 1.29 is 8.42 Å². The molecule has 114 valence electrons. The molecule has 0 saturated carbocycles. The lowest BCUT2D eigenvalue weighted by atomic mass is 10.5. The number of hydrogen-bond acceptors (Lipinski definition) is 6. The molecule has 0 radical (unpaired) electrons. The van der Waals surface area contributed by atoms with Crippen molar-refractivity contribution in [1.82, 2.24) is 14.7 Å². The van der Waals surface area contributed by atoms with Gasteiger partial charge in [-0.25, -0.2) is 23.1 Å². The predicted octanol–water partition coefficient (Wildman–Crippen LogP) is 2.20. The number of nitrogens with one attached hydrogen (secondary N) is 2. The minimum Gasteiger partial charge on any atom is -0.369 e. The first-order chi connectivity index (χ1) is 9.87. The van der Waals surface area contributed by atoms with Crippen molar-refractivity contribution in [3.05, 3.63) is 34.1 Å². The lowest BCUT2D eigenvalue weighted by molar-refractivity contribution is 0.585. The molecular formula is C12H15ClN4O2S2. The number of nitrogens with zero attached hydrogens (tertiary/aromatic N) is 2. The first-order valence-corrected chi connectivity index (χ1v) is 8.86. The summed E-state index contributed by atoms with van der Waals surface area (Å²) in [6, 6.07) is 4.97. The van der Waals surface area contributed by atoms with Gasteiger partial charge in [0.15, 0.2) is 0 Å². The summed E-state index contributed by atoms with van der Waals surface area (Å²) in [6.07, 6.45) is 0. The lowest BCUT2D eigenvalue weighted by Gasteiger charge is -2.07. The summed E-state index contributed by atoms with van der Waals surface area (Å²) in [6.45, 7) is 4.25. The summed E-state index contributed by atoms with van der Waals surface area (Å²) in [5.74, 6) is 1.12. The maximum absolute atomic E-state index is 12.0. The number of thiophene rings is 1. The average Bonchev–Trinajstić information content (AvgIpc) is 2.81. The fraction of sp³-hybridized carbons (Fsp3) is 0.333. The molecule has 0 spiro atoms. The van der Waals surface area contributed by atoms with E-state index in [2.05, 4.69) is 20.0 Å². The van der Waals surface area contributed by atoms with Crippen molar-refractivity contribution in [3.63, 3.8) is 0 Å². The van der Waals surface area contributed by atoms with Gasteiger partial charge in [-0.1, -0.05) is 11.6 Å².